The first kappa shape index (κ1) is 17.3. The van der Waals surface area contributed by atoms with Crippen molar-refractivity contribution in [2.45, 2.75) is 23.0 Å². The highest BCUT2D eigenvalue weighted by molar-refractivity contribution is 7.99. The molecule has 0 unspecified atom stereocenters. The number of carbonyl (C=O) groups is 1. The molecule has 2 aromatic heterocycles. The Bertz CT molecular complexity index is 1070. The van der Waals surface area contributed by atoms with Gasteiger partial charge in [-0.25, -0.2) is 4.98 Å². The molecule has 0 aliphatic carbocycles. The highest BCUT2D eigenvalue weighted by Gasteiger charge is 2.07. The molecule has 8 heteroatoms. The molecule has 0 bridgehead atoms. The van der Waals surface area contributed by atoms with Gasteiger partial charge in [-0.1, -0.05) is 12.1 Å². The third-order valence-corrected chi connectivity index (χ3v) is 5.18. The molecule has 0 atom stereocenters. The number of amides is 1. The van der Waals surface area contributed by atoms with Gasteiger partial charge in [0.15, 0.2) is 5.16 Å². The summed E-state index contributed by atoms with van der Waals surface area (Å²) in [4.78, 5) is 17.6. The van der Waals surface area contributed by atoms with Gasteiger partial charge in [0.05, 0.1) is 17.4 Å². The zero-order chi connectivity index (χ0) is 18.6. The van der Waals surface area contributed by atoms with Gasteiger partial charge in [0.1, 0.15) is 6.33 Å². The molecule has 0 aliphatic heterocycles. The summed E-state index contributed by atoms with van der Waals surface area (Å²) in [6, 6.07) is 15.6. The lowest BCUT2D eigenvalue weighted by Crippen LogP contribution is -2.14. The standard InChI is InChI=1S/C19H18N6OS/c1-24-13-21-23-19(24)27-15-8-6-14(7-9-15)22-18(26)10-11-25-12-20-16-4-2-3-5-17(16)25/h2-9,12-13H,10-11H2,1H3,(H,22,26). The fraction of sp³-hybridized carbons (Fsp3) is 0.158. The summed E-state index contributed by atoms with van der Waals surface area (Å²) >= 11 is 1.52. The van der Waals surface area contributed by atoms with Crippen LogP contribution in [0.1, 0.15) is 6.42 Å². The fourth-order valence-corrected chi connectivity index (χ4v) is 3.47. The molecule has 1 amide bonds. The first-order chi connectivity index (χ1) is 13.2. The highest BCUT2D eigenvalue weighted by atomic mass is 32.2. The van der Waals surface area contributed by atoms with Gasteiger partial charge in [0, 0.05) is 30.6 Å². The van der Waals surface area contributed by atoms with Crippen LogP contribution in [-0.2, 0) is 18.4 Å². The van der Waals surface area contributed by atoms with Crippen LogP contribution in [0.5, 0.6) is 0 Å². The number of aryl methyl sites for hydroxylation is 2. The lowest BCUT2D eigenvalue weighted by atomic mass is 10.3. The van der Waals surface area contributed by atoms with E-state index in [1.54, 1.807) is 12.7 Å². The number of imidazole rings is 1. The zero-order valence-corrected chi connectivity index (χ0v) is 15.6. The van der Waals surface area contributed by atoms with E-state index >= 15 is 0 Å². The van der Waals surface area contributed by atoms with Crippen molar-refractivity contribution in [2.24, 2.45) is 7.05 Å². The number of anilines is 1. The van der Waals surface area contributed by atoms with Crippen LogP contribution >= 0.6 is 11.8 Å². The lowest BCUT2D eigenvalue weighted by Gasteiger charge is -2.07. The maximum absolute atomic E-state index is 12.3. The second-order valence-electron chi connectivity index (χ2n) is 6.08. The summed E-state index contributed by atoms with van der Waals surface area (Å²) in [5, 5.41) is 11.7. The van der Waals surface area contributed by atoms with Gasteiger partial charge < -0.3 is 14.5 Å². The van der Waals surface area contributed by atoms with Crippen LogP contribution in [-0.4, -0.2) is 30.2 Å². The Labute approximate surface area is 160 Å². The topological polar surface area (TPSA) is 77.6 Å². The molecular formula is C19H18N6OS. The summed E-state index contributed by atoms with van der Waals surface area (Å²) in [5.41, 5.74) is 2.75. The molecule has 0 radical (unpaired) electrons. The number of aromatic nitrogens is 5. The molecule has 0 aliphatic rings. The van der Waals surface area contributed by atoms with Crippen LogP contribution < -0.4 is 5.32 Å². The first-order valence-electron chi connectivity index (χ1n) is 8.51. The van der Waals surface area contributed by atoms with Crippen molar-refractivity contribution in [2.75, 3.05) is 5.32 Å². The minimum atomic E-state index is -0.0264. The average Bonchev–Trinajstić information content (AvgIpc) is 3.28. The van der Waals surface area contributed by atoms with Crippen LogP contribution in [0, 0.1) is 0 Å². The smallest absolute Gasteiger partial charge is 0.226 e. The van der Waals surface area contributed by atoms with E-state index < -0.39 is 0 Å². The Balaban J connectivity index is 1.33. The minimum Gasteiger partial charge on any atom is -0.330 e. The monoisotopic (exact) mass is 378 g/mol. The molecule has 27 heavy (non-hydrogen) atoms. The van der Waals surface area contributed by atoms with Crippen molar-refractivity contribution >= 4 is 34.4 Å². The molecule has 4 aromatic rings. The largest absolute Gasteiger partial charge is 0.330 e. The van der Waals surface area contributed by atoms with E-state index in [4.69, 9.17) is 0 Å². The molecule has 0 fully saturated rings. The van der Waals surface area contributed by atoms with Crippen LogP contribution in [0.3, 0.4) is 0 Å². The van der Waals surface area contributed by atoms with Gasteiger partial charge in [-0.05, 0) is 48.2 Å². The van der Waals surface area contributed by atoms with Crippen molar-refractivity contribution in [3.8, 4) is 0 Å². The van der Waals surface area contributed by atoms with Crippen LogP contribution in [0.2, 0.25) is 0 Å². The third kappa shape index (κ3) is 4.01. The SMILES string of the molecule is Cn1cnnc1Sc1ccc(NC(=O)CCn2cnc3ccccc32)cc1. The molecule has 7 nitrogen and oxygen atoms in total. The van der Waals surface area contributed by atoms with Crippen molar-refractivity contribution in [1.82, 2.24) is 24.3 Å². The zero-order valence-electron chi connectivity index (χ0n) is 14.7. The van der Waals surface area contributed by atoms with E-state index in [0.29, 0.717) is 13.0 Å². The first-order valence-corrected chi connectivity index (χ1v) is 9.32. The summed E-state index contributed by atoms with van der Waals surface area (Å²) in [6.07, 6.45) is 3.83. The van der Waals surface area contributed by atoms with Gasteiger partial charge in [-0.3, -0.25) is 4.79 Å². The predicted molar refractivity (Wildman–Crippen MR) is 105 cm³/mol. The predicted octanol–water partition coefficient (Wildman–Crippen LogP) is 3.34. The Morgan fingerprint density at radius 2 is 1.93 bits per heavy atom. The van der Waals surface area contributed by atoms with E-state index in [9.17, 15) is 4.79 Å². The van der Waals surface area contributed by atoms with Gasteiger partial charge >= 0.3 is 0 Å². The number of hydrogen-bond acceptors (Lipinski definition) is 5. The number of nitrogens with one attached hydrogen (secondary N) is 1. The van der Waals surface area contributed by atoms with Crippen molar-refractivity contribution in [3.05, 3.63) is 61.2 Å². The summed E-state index contributed by atoms with van der Waals surface area (Å²) in [6.45, 7) is 0.590. The Morgan fingerprint density at radius 1 is 1.11 bits per heavy atom. The average molecular weight is 378 g/mol. The summed E-state index contributed by atoms with van der Waals surface area (Å²) < 4.78 is 3.86. The lowest BCUT2D eigenvalue weighted by molar-refractivity contribution is -0.116. The van der Waals surface area contributed by atoms with E-state index in [1.165, 1.54) is 11.8 Å². The number of fused-ring (bicyclic) bond motifs is 1. The molecule has 0 saturated heterocycles. The third-order valence-electron chi connectivity index (χ3n) is 4.12. The number of para-hydroxylation sites is 2. The number of rotatable bonds is 6. The number of benzene rings is 2. The highest BCUT2D eigenvalue weighted by Crippen LogP contribution is 2.26. The minimum absolute atomic E-state index is 0.0264. The van der Waals surface area contributed by atoms with Crippen molar-refractivity contribution in [1.29, 1.82) is 0 Å². The van der Waals surface area contributed by atoms with Crippen LogP contribution in [0.25, 0.3) is 11.0 Å². The molecule has 136 valence electrons. The second-order valence-corrected chi connectivity index (χ2v) is 7.12. The van der Waals surface area contributed by atoms with Crippen LogP contribution in [0.4, 0.5) is 5.69 Å². The van der Waals surface area contributed by atoms with Gasteiger partial charge in [-0.15, -0.1) is 10.2 Å². The second kappa shape index (κ2) is 7.63. The molecular weight excluding hydrogens is 360 g/mol. The molecule has 0 saturated carbocycles. The quantitative estimate of drug-likeness (QED) is 0.557. The maximum atomic E-state index is 12.3. The molecule has 0 spiro atoms. The Hall–Kier alpha value is -3.13. The normalized spacial score (nSPS) is 11.0. The van der Waals surface area contributed by atoms with E-state index in [1.807, 2.05) is 64.7 Å². The Morgan fingerprint density at radius 3 is 2.70 bits per heavy atom. The van der Waals surface area contributed by atoms with Gasteiger partial charge in [-0.2, -0.15) is 0 Å². The maximum Gasteiger partial charge on any atom is 0.226 e. The van der Waals surface area contributed by atoms with Crippen molar-refractivity contribution in [3.63, 3.8) is 0 Å². The van der Waals surface area contributed by atoms with Gasteiger partial charge in [0.2, 0.25) is 5.91 Å². The molecule has 4 rings (SSSR count). The Kier molecular flexibility index (Phi) is 4.88. The summed E-state index contributed by atoms with van der Waals surface area (Å²) in [7, 11) is 1.90. The van der Waals surface area contributed by atoms with E-state index in [0.717, 1.165) is 26.8 Å². The number of nitrogens with zero attached hydrogens (tertiary/aromatic N) is 5. The van der Waals surface area contributed by atoms with Crippen LogP contribution in [0.15, 0.2) is 71.2 Å². The van der Waals surface area contributed by atoms with E-state index in [2.05, 4.69) is 20.5 Å². The summed E-state index contributed by atoms with van der Waals surface area (Å²) in [5.74, 6) is -0.0264. The number of carbonyl (C=O) groups excluding carboxylic acids is 1. The fourth-order valence-electron chi connectivity index (χ4n) is 2.71. The number of hydrogen-bond donors (Lipinski definition) is 1. The van der Waals surface area contributed by atoms with Gasteiger partial charge in [0.25, 0.3) is 0 Å². The van der Waals surface area contributed by atoms with E-state index in [-0.39, 0.29) is 5.91 Å². The molecule has 2 aromatic carbocycles. The molecule has 2 heterocycles. The van der Waals surface area contributed by atoms with Crippen molar-refractivity contribution < 1.29 is 4.79 Å². The molecule has 1 N–H and O–H groups in total.